The minimum absolute atomic E-state index is 0.0319. The van der Waals surface area contributed by atoms with E-state index in [1.54, 1.807) is 19.1 Å². The van der Waals surface area contributed by atoms with Gasteiger partial charge >= 0.3 is 5.97 Å². The zero-order valence-corrected chi connectivity index (χ0v) is 22.0. The summed E-state index contributed by atoms with van der Waals surface area (Å²) in [6.07, 6.45) is 4.05. The van der Waals surface area contributed by atoms with E-state index in [9.17, 15) is 28.1 Å². The van der Waals surface area contributed by atoms with Crippen molar-refractivity contribution in [1.82, 2.24) is 4.57 Å². The number of nitrogens with zero attached hydrogens (tertiary/aromatic N) is 4. The molecule has 0 N–H and O–H groups in total. The molecule has 1 saturated heterocycles. The van der Waals surface area contributed by atoms with E-state index >= 15 is 0 Å². The summed E-state index contributed by atoms with van der Waals surface area (Å²) >= 11 is 1.03. The van der Waals surface area contributed by atoms with Crippen LogP contribution in [0.4, 0.5) is 11.4 Å². The van der Waals surface area contributed by atoms with Gasteiger partial charge in [0.15, 0.2) is 14.6 Å². The van der Waals surface area contributed by atoms with Gasteiger partial charge in [-0.25, -0.2) is 8.42 Å². The second-order valence-electron chi connectivity index (χ2n) is 8.60. The number of nitro groups is 1. The van der Waals surface area contributed by atoms with E-state index in [0.717, 1.165) is 36.9 Å². The molecule has 0 radical (unpaired) electrons. The molecule has 1 aliphatic rings. The number of fused-ring (bicyclic) bond motifs is 1. The molecule has 1 fully saturated rings. The number of rotatable bonds is 7. The number of benzene rings is 2. The number of piperidine rings is 1. The molecule has 2 aromatic carbocycles. The molecule has 0 unspecified atom stereocenters. The average Bonchev–Trinajstić information content (AvgIpc) is 3.19. The summed E-state index contributed by atoms with van der Waals surface area (Å²) in [7, 11) is -3.48. The minimum atomic E-state index is -3.48. The molecule has 0 bridgehead atoms. The Bertz CT molecular complexity index is 1550. The summed E-state index contributed by atoms with van der Waals surface area (Å²) < 4.78 is 31.0. The third-order valence-corrected chi connectivity index (χ3v) is 8.14. The fourth-order valence-electron chi connectivity index (χ4n) is 4.21. The number of ether oxygens (including phenoxy) is 1. The Morgan fingerprint density at radius 3 is 2.51 bits per heavy atom. The number of anilines is 1. The Kier molecular flexibility index (Phi) is 7.73. The van der Waals surface area contributed by atoms with Gasteiger partial charge in [0, 0.05) is 31.0 Å². The molecule has 2 heterocycles. The number of aromatic nitrogens is 1. The molecule has 1 amide bonds. The van der Waals surface area contributed by atoms with Gasteiger partial charge in [0.2, 0.25) is 0 Å². The molecule has 37 heavy (non-hydrogen) atoms. The van der Waals surface area contributed by atoms with Gasteiger partial charge in [-0.2, -0.15) is 4.99 Å². The van der Waals surface area contributed by atoms with Crippen LogP contribution in [-0.2, 0) is 25.9 Å². The second kappa shape index (κ2) is 10.8. The number of esters is 1. The number of amides is 1. The summed E-state index contributed by atoms with van der Waals surface area (Å²) in [5, 5.41) is 11.8. The minimum Gasteiger partial charge on any atom is -0.465 e. The summed E-state index contributed by atoms with van der Waals surface area (Å²) in [5.41, 5.74) is 0.832. The van der Waals surface area contributed by atoms with Gasteiger partial charge in [0.1, 0.15) is 12.2 Å². The number of carbonyl (C=O) groups excluding carboxylic acids is 2. The van der Waals surface area contributed by atoms with Crippen LogP contribution in [0.5, 0.6) is 0 Å². The number of carbonyl (C=O) groups is 2. The lowest BCUT2D eigenvalue weighted by atomic mass is 10.1. The van der Waals surface area contributed by atoms with Crippen molar-refractivity contribution in [3.63, 3.8) is 0 Å². The van der Waals surface area contributed by atoms with Crippen molar-refractivity contribution >= 4 is 54.6 Å². The Morgan fingerprint density at radius 1 is 1.14 bits per heavy atom. The van der Waals surface area contributed by atoms with E-state index in [1.807, 2.05) is 4.90 Å². The highest BCUT2D eigenvalue weighted by atomic mass is 32.2. The van der Waals surface area contributed by atoms with Gasteiger partial charge in [-0.3, -0.25) is 19.7 Å². The van der Waals surface area contributed by atoms with Crippen molar-refractivity contribution in [1.29, 1.82) is 0 Å². The SMILES string of the molecule is CCOC(=O)Cn1c(=NC(=O)c2ccc(N3CCCCC3)c([N+](=O)[O-])c2)sc2cc(S(C)(=O)=O)ccc21. The molecule has 0 spiro atoms. The predicted molar refractivity (Wildman–Crippen MR) is 139 cm³/mol. The summed E-state index contributed by atoms with van der Waals surface area (Å²) in [5.74, 6) is -1.27. The zero-order valence-electron chi connectivity index (χ0n) is 20.4. The molecule has 4 rings (SSSR count). The Balaban J connectivity index is 1.79. The van der Waals surface area contributed by atoms with Gasteiger partial charge in [-0.05, 0) is 56.5 Å². The lowest BCUT2D eigenvalue weighted by molar-refractivity contribution is -0.384. The molecular weight excluding hydrogens is 520 g/mol. The molecule has 196 valence electrons. The average molecular weight is 547 g/mol. The van der Waals surface area contributed by atoms with Crippen molar-refractivity contribution in [2.45, 2.75) is 37.6 Å². The normalized spacial score (nSPS) is 14.6. The molecule has 0 aliphatic carbocycles. The first-order valence-electron chi connectivity index (χ1n) is 11.7. The van der Waals surface area contributed by atoms with Crippen LogP contribution in [0.3, 0.4) is 0 Å². The van der Waals surface area contributed by atoms with Crippen LogP contribution in [0, 0.1) is 10.1 Å². The second-order valence-corrected chi connectivity index (χ2v) is 11.6. The van der Waals surface area contributed by atoms with Crippen LogP contribution >= 0.6 is 11.3 Å². The van der Waals surface area contributed by atoms with Gasteiger partial charge in [-0.1, -0.05) is 11.3 Å². The zero-order chi connectivity index (χ0) is 26.7. The van der Waals surface area contributed by atoms with Gasteiger partial charge < -0.3 is 14.2 Å². The quantitative estimate of drug-likeness (QED) is 0.250. The highest BCUT2D eigenvalue weighted by Crippen LogP contribution is 2.31. The first kappa shape index (κ1) is 26.5. The number of hydrogen-bond acceptors (Lipinski definition) is 9. The smallest absolute Gasteiger partial charge is 0.326 e. The molecule has 13 heteroatoms. The van der Waals surface area contributed by atoms with E-state index in [1.165, 1.54) is 28.8 Å². The summed E-state index contributed by atoms with van der Waals surface area (Å²) in [4.78, 5) is 43.0. The van der Waals surface area contributed by atoms with E-state index in [2.05, 4.69) is 4.99 Å². The molecule has 0 saturated carbocycles. The van der Waals surface area contributed by atoms with Crippen molar-refractivity contribution in [3.05, 3.63) is 56.9 Å². The van der Waals surface area contributed by atoms with Crippen molar-refractivity contribution in [2.24, 2.45) is 4.99 Å². The Labute approximate surface area is 217 Å². The summed E-state index contributed by atoms with van der Waals surface area (Å²) in [6, 6.07) is 8.72. The third-order valence-electron chi connectivity index (χ3n) is 5.99. The number of nitro benzene ring substituents is 1. The standard InChI is InChI=1S/C24H26N4O7S2/c1-3-35-22(29)15-27-19-10-8-17(37(2,33)34)14-21(19)36-24(27)25-23(30)16-7-9-18(20(13-16)28(31)32)26-11-5-4-6-12-26/h7-10,13-14H,3-6,11-12,15H2,1-2H3. The number of sulfone groups is 1. The van der Waals surface area contributed by atoms with Crippen LogP contribution < -0.4 is 9.70 Å². The van der Waals surface area contributed by atoms with Crippen molar-refractivity contribution in [3.8, 4) is 0 Å². The molecule has 3 aromatic rings. The lowest BCUT2D eigenvalue weighted by Gasteiger charge is -2.28. The van der Waals surface area contributed by atoms with E-state index in [-0.39, 0.29) is 34.1 Å². The van der Waals surface area contributed by atoms with Crippen LogP contribution in [0.25, 0.3) is 10.2 Å². The van der Waals surface area contributed by atoms with Crippen LogP contribution in [0.2, 0.25) is 0 Å². The van der Waals surface area contributed by atoms with E-state index in [0.29, 0.717) is 29.0 Å². The first-order chi connectivity index (χ1) is 17.6. The van der Waals surface area contributed by atoms with Crippen molar-refractivity contribution in [2.75, 3.05) is 30.9 Å². The molecule has 1 aromatic heterocycles. The van der Waals surface area contributed by atoms with E-state index < -0.39 is 26.6 Å². The fraction of sp³-hybridized carbons (Fsp3) is 0.375. The van der Waals surface area contributed by atoms with Crippen LogP contribution in [-0.4, -0.2) is 55.7 Å². The maximum absolute atomic E-state index is 13.1. The molecule has 1 aliphatic heterocycles. The first-order valence-corrected chi connectivity index (χ1v) is 14.4. The number of hydrogen-bond donors (Lipinski definition) is 0. The fourth-order valence-corrected chi connectivity index (χ4v) is 6.00. The highest BCUT2D eigenvalue weighted by molar-refractivity contribution is 7.90. The van der Waals surface area contributed by atoms with Crippen LogP contribution in [0.1, 0.15) is 36.5 Å². The topological polar surface area (TPSA) is 141 Å². The van der Waals surface area contributed by atoms with Gasteiger partial charge in [-0.15, -0.1) is 0 Å². The van der Waals surface area contributed by atoms with Crippen molar-refractivity contribution < 1.29 is 27.7 Å². The van der Waals surface area contributed by atoms with E-state index in [4.69, 9.17) is 4.74 Å². The molecular formula is C24H26N4O7S2. The molecule has 0 atom stereocenters. The Hall–Kier alpha value is -3.58. The summed E-state index contributed by atoms with van der Waals surface area (Å²) in [6.45, 7) is 3.01. The predicted octanol–water partition coefficient (Wildman–Crippen LogP) is 3.31. The van der Waals surface area contributed by atoms with Gasteiger partial charge in [0.05, 0.1) is 26.6 Å². The highest BCUT2D eigenvalue weighted by Gasteiger charge is 2.23. The maximum Gasteiger partial charge on any atom is 0.326 e. The monoisotopic (exact) mass is 546 g/mol. The molecule has 11 nitrogen and oxygen atoms in total. The Morgan fingerprint density at radius 2 is 1.86 bits per heavy atom. The number of thiazole rings is 1. The largest absolute Gasteiger partial charge is 0.465 e. The third kappa shape index (κ3) is 5.88. The van der Waals surface area contributed by atoms with Gasteiger partial charge in [0.25, 0.3) is 11.6 Å². The van der Waals surface area contributed by atoms with Crippen LogP contribution in [0.15, 0.2) is 46.3 Å². The maximum atomic E-state index is 13.1. The lowest BCUT2D eigenvalue weighted by Crippen LogP contribution is -2.30.